The molecule has 1 aromatic rings. The highest BCUT2D eigenvalue weighted by atomic mass is 79.9. The van der Waals surface area contributed by atoms with E-state index in [1.54, 1.807) is 0 Å². The molecule has 114 valence electrons. The highest BCUT2D eigenvalue weighted by Gasteiger charge is 2.45. The largest absolute Gasteiger partial charge is 0.322 e. The Morgan fingerprint density at radius 3 is 2.71 bits per heavy atom. The van der Waals surface area contributed by atoms with Gasteiger partial charge in [-0.3, -0.25) is 0 Å². The first-order valence-electron chi connectivity index (χ1n) is 8.03. The Morgan fingerprint density at radius 1 is 1.10 bits per heavy atom. The molecule has 4 atom stereocenters. The number of fused-ring (bicyclic) bond motifs is 1. The second-order valence-electron chi connectivity index (χ2n) is 6.22. The number of nitrogens with zero attached hydrogens (tertiary/aromatic N) is 2. The van der Waals surface area contributed by atoms with Crippen LogP contribution >= 0.6 is 24.4 Å². The Balaban J connectivity index is 1.57. The van der Waals surface area contributed by atoms with Crippen LogP contribution in [0.25, 0.3) is 0 Å². The molecule has 21 heavy (non-hydrogen) atoms. The molecule has 1 aromatic carbocycles. The van der Waals surface area contributed by atoms with Gasteiger partial charge in [-0.1, -0.05) is 34.1 Å². The first-order valence-corrected chi connectivity index (χ1v) is 10.1. The minimum Gasteiger partial charge on any atom is -0.322 e. The summed E-state index contributed by atoms with van der Waals surface area (Å²) in [5, 5.41) is 0. The van der Waals surface area contributed by atoms with Crippen molar-refractivity contribution in [1.82, 2.24) is 4.67 Å². The number of rotatable bonds is 3. The van der Waals surface area contributed by atoms with E-state index in [0.717, 1.165) is 6.54 Å². The molecule has 0 bridgehead atoms. The average Bonchev–Trinajstić information content (AvgIpc) is 3.19. The van der Waals surface area contributed by atoms with Crippen molar-refractivity contribution in [1.29, 1.82) is 0 Å². The van der Waals surface area contributed by atoms with E-state index in [0.29, 0.717) is 17.0 Å². The number of anilines is 1. The van der Waals surface area contributed by atoms with Crippen LogP contribution in [-0.2, 0) is 4.52 Å². The summed E-state index contributed by atoms with van der Waals surface area (Å²) in [4.78, 5) is 0.541. The quantitative estimate of drug-likeness (QED) is 0.575. The first kappa shape index (κ1) is 14.4. The number of benzene rings is 1. The molecule has 0 aromatic heterocycles. The van der Waals surface area contributed by atoms with E-state index in [1.807, 2.05) is 0 Å². The zero-order chi connectivity index (χ0) is 14.2. The Hall–Kier alpha value is -0.150. The van der Waals surface area contributed by atoms with Crippen molar-refractivity contribution >= 4 is 30.1 Å². The molecule has 0 amide bonds. The van der Waals surface area contributed by atoms with E-state index in [9.17, 15) is 0 Å². The number of para-hydroxylation sites is 1. The van der Waals surface area contributed by atoms with E-state index in [1.165, 1.54) is 44.3 Å². The average molecular weight is 369 g/mol. The topological polar surface area (TPSA) is 15.7 Å². The lowest BCUT2D eigenvalue weighted by Gasteiger charge is -2.32. The summed E-state index contributed by atoms with van der Waals surface area (Å²) < 4.78 is 11.8. The van der Waals surface area contributed by atoms with Gasteiger partial charge in [0.15, 0.2) is 0 Å². The fraction of sp³-hybridized carbons (Fsp3) is 0.625. The van der Waals surface area contributed by atoms with E-state index in [2.05, 4.69) is 55.6 Å². The lowest BCUT2D eigenvalue weighted by atomic mass is 10.2. The van der Waals surface area contributed by atoms with Crippen molar-refractivity contribution in [3.8, 4) is 0 Å². The van der Waals surface area contributed by atoms with Crippen LogP contribution in [0.2, 0.25) is 0 Å². The van der Waals surface area contributed by atoms with Crippen molar-refractivity contribution < 1.29 is 4.52 Å². The molecule has 1 aliphatic carbocycles. The van der Waals surface area contributed by atoms with E-state index < -0.39 is 8.45 Å². The number of hydrogen-bond donors (Lipinski definition) is 0. The fourth-order valence-corrected chi connectivity index (χ4v) is 6.99. The first-order chi connectivity index (χ1) is 10.3. The molecular formula is C16H22BrN2OP. The van der Waals surface area contributed by atoms with Gasteiger partial charge in [-0.2, -0.15) is 0 Å². The fourth-order valence-electron chi connectivity index (χ4n) is 3.68. The van der Waals surface area contributed by atoms with Gasteiger partial charge in [-0.15, -0.1) is 0 Å². The summed E-state index contributed by atoms with van der Waals surface area (Å²) in [5.41, 5.74) is 1.32. The van der Waals surface area contributed by atoms with Gasteiger partial charge in [0, 0.05) is 29.6 Å². The molecule has 0 N–H and O–H groups in total. The summed E-state index contributed by atoms with van der Waals surface area (Å²) in [6.45, 7) is 2.34. The molecule has 2 saturated heterocycles. The van der Waals surface area contributed by atoms with Gasteiger partial charge in [0.1, 0.15) is 0 Å². The second kappa shape index (κ2) is 6.16. The summed E-state index contributed by atoms with van der Waals surface area (Å²) in [5.74, 6) is 0. The third kappa shape index (κ3) is 2.76. The van der Waals surface area contributed by atoms with Crippen LogP contribution in [0.15, 0.2) is 30.3 Å². The molecule has 5 heteroatoms. The van der Waals surface area contributed by atoms with Crippen LogP contribution in [0.3, 0.4) is 0 Å². The second-order valence-corrected chi connectivity index (χ2v) is 9.11. The van der Waals surface area contributed by atoms with Gasteiger partial charge in [-0.05, 0) is 44.2 Å². The third-order valence-electron chi connectivity index (χ3n) is 4.81. The predicted molar refractivity (Wildman–Crippen MR) is 91.9 cm³/mol. The maximum atomic E-state index is 6.64. The van der Waals surface area contributed by atoms with Gasteiger partial charge >= 0.3 is 0 Å². The molecular weight excluding hydrogens is 347 g/mol. The molecule has 0 radical (unpaired) electrons. The molecule has 2 heterocycles. The molecule has 2 aliphatic heterocycles. The molecule has 4 rings (SSSR count). The van der Waals surface area contributed by atoms with Crippen LogP contribution in [0.5, 0.6) is 0 Å². The highest BCUT2D eigenvalue weighted by molar-refractivity contribution is 9.09. The summed E-state index contributed by atoms with van der Waals surface area (Å²) in [7, 11) is -0.626. The number of alkyl halides is 1. The van der Waals surface area contributed by atoms with E-state index >= 15 is 0 Å². The van der Waals surface area contributed by atoms with E-state index in [4.69, 9.17) is 4.52 Å². The molecule has 3 nitrogen and oxygen atoms in total. The van der Waals surface area contributed by atoms with Gasteiger partial charge in [0.05, 0.1) is 6.10 Å². The summed E-state index contributed by atoms with van der Waals surface area (Å²) in [6.07, 6.45) is 6.80. The molecule has 0 spiro atoms. The van der Waals surface area contributed by atoms with Crippen molar-refractivity contribution in [3.63, 3.8) is 0 Å². The normalized spacial score (nSPS) is 36.3. The van der Waals surface area contributed by atoms with Crippen molar-refractivity contribution in [3.05, 3.63) is 30.3 Å². The van der Waals surface area contributed by atoms with Gasteiger partial charge in [-0.25, -0.2) is 4.67 Å². The lowest BCUT2D eigenvalue weighted by molar-refractivity contribution is 0.223. The molecule has 1 saturated carbocycles. The summed E-state index contributed by atoms with van der Waals surface area (Å²) in [6, 6.07) is 11.5. The maximum Gasteiger partial charge on any atom is 0.218 e. The summed E-state index contributed by atoms with van der Waals surface area (Å²) >= 11 is 3.81. The molecule has 3 fully saturated rings. The smallest absolute Gasteiger partial charge is 0.218 e. The standard InChI is InChI=1S/C16H22BrN2OP/c17-15-9-4-10-16(15)20-21-18-11-5-8-14(18)12-19(21)13-6-2-1-3-7-13/h1-3,6-7,14-16H,4-5,8-12H2/t14-,15-,16-,21?/m0/s1. The molecule has 3 aliphatic rings. The van der Waals surface area contributed by atoms with Crippen molar-refractivity contribution in [2.75, 3.05) is 17.8 Å². The Morgan fingerprint density at radius 2 is 1.95 bits per heavy atom. The Labute approximate surface area is 136 Å². The third-order valence-corrected chi connectivity index (χ3v) is 8.09. The Bertz CT molecular complexity index is 488. The van der Waals surface area contributed by atoms with Crippen LogP contribution in [0.4, 0.5) is 5.69 Å². The SMILES string of the molecule is Br[C@H]1CCC[C@@H]1OP1N(c2ccccc2)C[C@@H]2CCCN21. The minimum atomic E-state index is -0.626. The van der Waals surface area contributed by atoms with Crippen LogP contribution < -0.4 is 4.67 Å². The lowest BCUT2D eigenvalue weighted by Crippen LogP contribution is -2.24. The highest BCUT2D eigenvalue weighted by Crippen LogP contribution is 2.58. The zero-order valence-electron chi connectivity index (χ0n) is 12.2. The number of halogens is 1. The van der Waals surface area contributed by atoms with Crippen LogP contribution in [0.1, 0.15) is 32.1 Å². The van der Waals surface area contributed by atoms with Gasteiger partial charge in [0.25, 0.3) is 0 Å². The van der Waals surface area contributed by atoms with Crippen molar-refractivity contribution in [2.24, 2.45) is 0 Å². The zero-order valence-corrected chi connectivity index (χ0v) is 14.7. The maximum absolute atomic E-state index is 6.64. The monoisotopic (exact) mass is 368 g/mol. The van der Waals surface area contributed by atoms with Gasteiger partial charge in [0.2, 0.25) is 8.45 Å². The van der Waals surface area contributed by atoms with Crippen LogP contribution in [0, 0.1) is 0 Å². The molecule has 1 unspecified atom stereocenters. The van der Waals surface area contributed by atoms with E-state index in [-0.39, 0.29) is 0 Å². The van der Waals surface area contributed by atoms with Crippen LogP contribution in [-0.4, -0.2) is 34.7 Å². The Kier molecular flexibility index (Phi) is 4.23. The predicted octanol–water partition coefficient (Wildman–Crippen LogP) is 4.53. The van der Waals surface area contributed by atoms with Gasteiger partial charge < -0.3 is 9.19 Å². The number of hydrogen-bond acceptors (Lipinski definition) is 3. The van der Waals surface area contributed by atoms with Crippen molar-refractivity contribution in [2.45, 2.75) is 49.1 Å². The minimum absolute atomic E-state index is 0.390.